The van der Waals surface area contributed by atoms with E-state index < -0.39 is 0 Å². The normalized spacial score (nSPS) is 12.7. The summed E-state index contributed by atoms with van der Waals surface area (Å²) in [7, 11) is 0. The number of fused-ring (bicyclic) bond motifs is 6. The summed E-state index contributed by atoms with van der Waals surface area (Å²) in [5, 5.41) is 4.92. The Morgan fingerprint density at radius 3 is 1.61 bits per heavy atom. The second-order valence-corrected chi connectivity index (χ2v) is 16.1. The Morgan fingerprint density at radius 2 is 0.864 bits per heavy atom. The van der Waals surface area contributed by atoms with Crippen molar-refractivity contribution in [3.05, 3.63) is 217 Å². The molecule has 0 aliphatic heterocycles. The summed E-state index contributed by atoms with van der Waals surface area (Å²) in [6, 6.07) is 74.2. The van der Waals surface area contributed by atoms with Crippen molar-refractivity contribution in [3.63, 3.8) is 0 Å². The Balaban J connectivity index is 1.08. The SMILES string of the molecule is CC1(C)c2cc(-c3ccc(-c4nc(-c5ccccc5)cc(-c5ccc(-c6ccccc6)cc5-c5ccccc5)n4)c4ccccc34)ccc2-c2ccc3ccccc3c21. The zero-order valence-corrected chi connectivity index (χ0v) is 33.0. The van der Waals surface area contributed by atoms with E-state index in [2.05, 4.69) is 220 Å². The van der Waals surface area contributed by atoms with Crippen LogP contribution in [0, 0.1) is 0 Å². The number of nitrogens with zero attached hydrogens (tertiary/aromatic N) is 2. The molecular formula is C57H40N2. The van der Waals surface area contributed by atoms with Crippen LogP contribution in [0.25, 0.3) is 100.0 Å². The third-order valence-corrected chi connectivity index (χ3v) is 12.3. The predicted molar refractivity (Wildman–Crippen MR) is 247 cm³/mol. The molecule has 0 bridgehead atoms. The molecule has 1 aliphatic rings. The summed E-state index contributed by atoms with van der Waals surface area (Å²) >= 11 is 0. The van der Waals surface area contributed by atoms with Gasteiger partial charge >= 0.3 is 0 Å². The standard InChI is InChI=1S/C57H40N2/c1-57(2)52-35-42(28-29-47(52)49-31-26-39-20-12-13-23-44(39)55(49)57)43-32-33-50(46-25-15-14-24-45(43)46)56-58-53(40-21-10-5-11-22-40)36-54(59-56)48-30-27-41(37-16-6-3-7-17-37)34-51(48)38-18-8-4-9-19-38/h3-36H,1-2H3. The first-order valence-electron chi connectivity index (χ1n) is 20.4. The quantitative estimate of drug-likeness (QED) is 0.169. The summed E-state index contributed by atoms with van der Waals surface area (Å²) in [4.78, 5) is 10.8. The van der Waals surface area contributed by atoms with Gasteiger partial charge in [0.25, 0.3) is 0 Å². The molecule has 0 radical (unpaired) electrons. The van der Waals surface area contributed by atoms with Crippen molar-refractivity contribution in [3.8, 4) is 78.4 Å². The lowest BCUT2D eigenvalue weighted by molar-refractivity contribution is 0.666. The van der Waals surface area contributed by atoms with Crippen LogP contribution in [-0.4, -0.2) is 9.97 Å². The van der Waals surface area contributed by atoms with Gasteiger partial charge in [-0.25, -0.2) is 9.97 Å². The van der Waals surface area contributed by atoms with Crippen LogP contribution in [0.4, 0.5) is 0 Å². The molecule has 0 unspecified atom stereocenters. The van der Waals surface area contributed by atoms with Gasteiger partial charge in [0.2, 0.25) is 0 Å². The van der Waals surface area contributed by atoms with E-state index in [4.69, 9.17) is 9.97 Å². The average molecular weight is 753 g/mol. The number of aromatic nitrogens is 2. The van der Waals surface area contributed by atoms with Crippen molar-refractivity contribution >= 4 is 21.5 Å². The first-order valence-corrected chi connectivity index (χ1v) is 20.4. The van der Waals surface area contributed by atoms with E-state index in [9.17, 15) is 0 Å². The highest BCUT2D eigenvalue weighted by atomic mass is 14.9. The maximum atomic E-state index is 5.44. The number of benzene rings is 9. The van der Waals surface area contributed by atoms with E-state index in [0.29, 0.717) is 5.82 Å². The van der Waals surface area contributed by atoms with Crippen molar-refractivity contribution < 1.29 is 0 Å². The first-order chi connectivity index (χ1) is 29.0. The van der Waals surface area contributed by atoms with E-state index in [0.717, 1.165) is 44.6 Å². The second-order valence-electron chi connectivity index (χ2n) is 16.1. The average Bonchev–Trinajstić information content (AvgIpc) is 3.54. The number of rotatable bonds is 6. The molecule has 10 aromatic rings. The topological polar surface area (TPSA) is 25.8 Å². The monoisotopic (exact) mass is 752 g/mol. The van der Waals surface area contributed by atoms with Crippen LogP contribution in [0.3, 0.4) is 0 Å². The van der Waals surface area contributed by atoms with Gasteiger partial charge in [0, 0.05) is 22.1 Å². The largest absolute Gasteiger partial charge is 0.228 e. The molecule has 278 valence electrons. The molecule has 1 aromatic heterocycles. The van der Waals surface area contributed by atoms with E-state index in [1.807, 2.05) is 0 Å². The van der Waals surface area contributed by atoms with E-state index in [1.165, 1.54) is 60.7 Å². The van der Waals surface area contributed by atoms with E-state index >= 15 is 0 Å². The highest BCUT2D eigenvalue weighted by molar-refractivity contribution is 6.05. The molecule has 0 amide bonds. The van der Waals surface area contributed by atoms with Crippen LogP contribution in [0.5, 0.6) is 0 Å². The minimum absolute atomic E-state index is 0.142. The Bertz CT molecular complexity index is 3220. The predicted octanol–water partition coefficient (Wildman–Crippen LogP) is 15.1. The van der Waals surface area contributed by atoms with Crippen molar-refractivity contribution in [2.75, 3.05) is 0 Å². The molecular weight excluding hydrogens is 713 g/mol. The fourth-order valence-corrected chi connectivity index (χ4v) is 9.41. The molecule has 1 heterocycles. The van der Waals surface area contributed by atoms with Gasteiger partial charge in [-0.2, -0.15) is 0 Å². The maximum Gasteiger partial charge on any atom is 0.161 e. The van der Waals surface area contributed by atoms with Gasteiger partial charge in [0.05, 0.1) is 11.4 Å². The minimum Gasteiger partial charge on any atom is -0.228 e. The highest BCUT2D eigenvalue weighted by Gasteiger charge is 2.37. The minimum atomic E-state index is -0.142. The zero-order valence-electron chi connectivity index (χ0n) is 33.0. The van der Waals surface area contributed by atoms with Crippen LogP contribution in [0.1, 0.15) is 25.0 Å². The summed E-state index contributed by atoms with van der Waals surface area (Å²) in [5.41, 5.74) is 17.2. The Kier molecular flexibility index (Phi) is 8.20. The molecule has 0 saturated heterocycles. The molecule has 11 rings (SSSR count). The van der Waals surface area contributed by atoms with Crippen LogP contribution in [-0.2, 0) is 5.41 Å². The number of hydrogen-bond donors (Lipinski definition) is 0. The van der Waals surface area contributed by atoms with E-state index in [1.54, 1.807) is 0 Å². The van der Waals surface area contributed by atoms with Gasteiger partial charge in [-0.05, 0) is 101 Å². The Morgan fingerprint density at radius 1 is 0.322 bits per heavy atom. The molecule has 9 aromatic carbocycles. The summed E-state index contributed by atoms with van der Waals surface area (Å²) in [6.07, 6.45) is 0. The molecule has 0 spiro atoms. The summed E-state index contributed by atoms with van der Waals surface area (Å²) in [6.45, 7) is 4.75. The van der Waals surface area contributed by atoms with Crippen LogP contribution < -0.4 is 0 Å². The van der Waals surface area contributed by atoms with Crippen molar-refractivity contribution in [1.82, 2.24) is 9.97 Å². The van der Waals surface area contributed by atoms with Crippen molar-refractivity contribution in [2.45, 2.75) is 19.3 Å². The number of hydrogen-bond acceptors (Lipinski definition) is 2. The fraction of sp³-hybridized carbons (Fsp3) is 0.0526. The van der Waals surface area contributed by atoms with Crippen LogP contribution in [0.15, 0.2) is 206 Å². The Hall–Kier alpha value is -7.42. The summed E-state index contributed by atoms with van der Waals surface area (Å²) < 4.78 is 0. The molecule has 2 nitrogen and oxygen atoms in total. The lowest BCUT2D eigenvalue weighted by Gasteiger charge is -2.24. The summed E-state index contributed by atoms with van der Waals surface area (Å²) in [5.74, 6) is 0.702. The van der Waals surface area contributed by atoms with E-state index in [-0.39, 0.29) is 5.41 Å². The molecule has 1 aliphatic carbocycles. The fourth-order valence-electron chi connectivity index (χ4n) is 9.41. The van der Waals surface area contributed by atoms with Crippen LogP contribution in [0.2, 0.25) is 0 Å². The van der Waals surface area contributed by atoms with Gasteiger partial charge in [-0.3, -0.25) is 0 Å². The van der Waals surface area contributed by atoms with Gasteiger partial charge in [-0.15, -0.1) is 0 Å². The zero-order chi connectivity index (χ0) is 39.5. The van der Waals surface area contributed by atoms with Gasteiger partial charge in [0.1, 0.15) is 0 Å². The third-order valence-electron chi connectivity index (χ3n) is 12.3. The lowest BCUT2D eigenvalue weighted by atomic mass is 9.79. The second kappa shape index (κ2) is 13.9. The van der Waals surface area contributed by atoms with Gasteiger partial charge < -0.3 is 0 Å². The maximum absolute atomic E-state index is 5.44. The molecule has 0 atom stereocenters. The van der Waals surface area contributed by atoms with Crippen LogP contribution >= 0.6 is 0 Å². The molecule has 0 saturated carbocycles. The van der Waals surface area contributed by atoms with Crippen molar-refractivity contribution in [2.24, 2.45) is 0 Å². The highest BCUT2D eigenvalue weighted by Crippen LogP contribution is 2.52. The molecule has 2 heteroatoms. The van der Waals surface area contributed by atoms with Gasteiger partial charge in [0.15, 0.2) is 5.82 Å². The Labute approximate surface area is 345 Å². The smallest absolute Gasteiger partial charge is 0.161 e. The lowest BCUT2D eigenvalue weighted by Crippen LogP contribution is -2.15. The molecule has 0 N–H and O–H groups in total. The van der Waals surface area contributed by atoms with Gasteiger partial charge in [-0.1, -0.05) is 196 Å². The first kappa shape index (κ1) is 34.8. The third kappa shape index (κ3) is 5.87. The molecule has 59 heavy (non-hydrogen) atoms. The van der Waals surface area contributed by atoms with Crippen molar-refractivity contribution in [1.29, 1.82) is 0 Å². The molecule has 0 fully saturated rings.